The van der Waals surface area contributed by atoms with Crippen LogP contribution in [0, 0.1) is 5.92 Å². The van der Waals surface area contributed by atoms with Crippen molar-refractivity contribution in [1.29, 1.82) is 0 Å². The van der Waals surface area contributed by atoms with Gasteiger partial charge in [-0.3, -0.25) is 4.79 Å². The van der Waals surface area contributed by atoms with Gasteiger partial charge in [0.25, 0.3) is 0 Å². The Kier molecular flexibility index (Phi) is 4.06. The van der Waals surface area contributed by atoms with Gasteiger partial charge >= 0.3 is 0 Å². The number of piperidine rings is 1. The summed E-state index contributed by atoms with van der Waals surface area (Å²) in [6.07, 6.45) is 5.41. The molecule has 0 bridgehead atoms. The molecular formula is C15H19N5O2. The number of anilines is 1. The Balaban J connectivity index is 1.79. The number of hydrogen-bond donors (Lipinski definition) is 3. The molecule has 22 heavy (non-hydrogen) atoms. The molecule has 2 aromatic rings. The number of fused-ring (bicyclic) bond motifs is 1. The average Bonchev–Trinajstić information content (AvgIpc) is 3.03. The summed E-state index contributed by atoms with van der Waals surface area (Å²) in [5.74, 6) is 0.680. The van der Waals surface area contributed by atoms with E-state index in [4.69, 9.17) is 0 Å². The predicted octanol–water partition coefficient (Wildman–Crippen LogP) is 0.765. The topological polar surface area (TPSA) is 94.1 Å². The molecule has 3 N–H and O–H groups in total. The van der Waals surface area contributed by atoms with Gasteiger partial charge in [-0.1, -0.05) is 6.58 Å². The van der Waals surface area contributed by atoms with Crippen LogP contribution in [0.5, 0.6) is 0 Å². The smallest absolute Gasteiger partial charge is 0.246 e. The fraction of sp³-hybridized carbons (Fsp3) is 0.400. The summed E-state index contributed by atoms with van der Waals surface area (Å²) in [5.41, 5.74) is 0.769. The SMILES string of the molecule is C=CC(=O)N1C[C@@H](CO)C[C@@H](Nc2ncnc3[nH]ccc23)C1. The lowest BCUT2D eigenvalue weighted by atomic mass is 9.94. The van der Waals surface area contributed by atoms with Crippen molar-refractivity contribution in [2.75, 3.05) is 25.0 Å². The van der Waals surface area contributed by atoms with Crippen molar-refractivity contribution in [3.8, 4) is 0 Å². The van der Waals surface area contributed by atoms with Crippen LogP contribution in [0.25, 0.3) is 11.0 Å². The lowest BCUT2D eigenvalue weighted by molar-refractivity contribution is -0.128. The quantitative estimate of drug-likeness (QED) is 0.725. The molecule has 3 rings (SSSR count). The summed E-state index contributed by atoms with van der Waals surface area (Å²) in [6, 6.07) is 1.94. The van der Waals surface area contributed by atoms with Gasteiger partial charge in [0.1, 0.15) is 17.8 Å². The molecule has 0 radical (unpaired) electrons. The molecule has 7 nitrogen and oxygen atoms in total. The van der Waals surface area contributed by atoms with Gasteiger partial charge in [-0.2, -0.15) is 0 Å². The molecular weight excluding hydrogens is 282 g/mol. The predicted molar refractivity (Wildman–Crippen MR) is 83.3 cm³/mol. The first-order valence-corrected chi connectivity index (χ1v) is 7.28. The molecule has 0 unspecified atom stereocenters. The molecule has 1 aliphatic heterocycles. The molecule has 2 aromatic heterocycles. The standard InChI is InChI=1S/C15H19N5O2/c1-2-13(22)20-6-10(8-21)5-11(7-20)19-15-12-3-4-16-14(12)17-9-18-15/h2-4,9-11,21H,1,5-8H2,(H2,16,17,18,19)/t10-,11+/m0/s1. The summed E-state index contributed by atoms with van der Waals surface area (Å²) in [4.78, 5) is 25.1. The number of likely N-dealkylation sites (tertiary alicyclic amines) is 1. The van der Waals surface area contributed by atoms with Crippen LogP contribution >= 0.6 is 0 Å². The second kappa shape index (κ2) is 6.15. The second-order valence-corrected chi connectivity index (χ2v) is 5.54. The van der Waals surface area contributed by atoms with Gasteiger partial charge in [0.15, 0.2) is 0 Å². The van der Waals surface area contributed by atoms with E-state index >= 15 is 0 Å². The van der Waals surface area contributed by atoms with Crippen LogP contribution in [0.2, 0.25) is 0 Å². The molecule has 2 atom stereocenters. The van der Waals surface area contributed by atoms with Crippen LogP contribution in [-0.4, -0.2) is 56.6 Å². The number of carbonyl (C=O) groups is 1. The van der Waals surface area contributed by atoms with Crippen LogP contribution < -0.4 is 5.32 Å². The van der Waals surface area contributed by atoms with Crippen LogP contribution in [0.3, 0.4) is 0 Å². The summed E-state index contributed by atoms with van der Waals surface area (Å²) in [5, 5.41) is 13.7. The Morgan fingerprint density at radius 1 is 1.55 bits per heavy atom. The minimum atomic E-state index is -0.112. The molecule has 0 aliphatic carbocycles. The first kappa shape index (κ1) is 14.5. The highest BCUT2D eigenvalue weighted by Gasteiger charge is 2.29. The van der Waals surface area contributed by atoms with E-state index in [1.807, 2.05) is 12.3 Å². The molecule has 0 aromatic carbocycles. The lowest BCUT2D eigenvalue weighted by Gasteiger charge is -2.37. The highest BCUT2D eigenvalue weighted by atomic mass is 16.3. The zero-order valence-corrected chi connectivity index (χ0v) is 12.2. The van der Waals surface area contributed by atoms with Crippen molar-refractivity contribution in [3.05, 3.63) is 31.2 Å². The summed E-state index contributed by atoms with van der Waals surface area (Å²) < 4.78 is 0. The van der Waals surface area contributed by atoms with Crippen molar-refractivity contribution < 1.29 is 9.90 Å². The molecule has 1 aliphatic rings. The van der Waals surface area contributed by atoms with Crippen molar-refractivity contribution in [2.45, 2.75) is 12.5 Å². The molecule has 1 amide bonds. The number of aromatic amines is 1. The summed E-state index contributed by atoms with van der Waals surface area (Å²) in [6.45, 7) is 4.71. The third-order valence-corrected chi connectivity index (χ3v) is 3.98. The normalized spacial score (nSPS) is 21.8. The second-order valence-electron chi connectivity index (χ2n) is 5.54. The number of aromatic nitrogens is 3. The van der Waals surface area contributed by atoms with Crippen molar-refractivity contribution in [3.63, 3.8) is 0 Å². The number of nitrogens with zero attached hydrogens (tertiary/aromatic N) is 3. The Hall–Kier alpha value is -2.41. The van der Waals surface area contributed by atoms with Gasteiger partial charge in [-0.15, -0.1) is 0 Å². The number of carbonyl (C=O) groups excluding carboxylic acids is 1. The number of aliphatic hydroxyl groups excluding tert-OH is 1. The number of rotatable bonds is 4. The van der Waals surface area contributed by atoms with Gasteiger partial charge in [-0.05, 0) is 18.6 Å². The number of nitrogens with one attached hydrogen (secondary N) is 2. The van der Waals surface area contributed by atoms with Gasteiger partial charge in [0, 0.05) is 37.9 Å². The molecule has 116 valence electrons. The Morgan fingerprint density at radius 3 is 3.18 bits per heavy atom. The summed E-state index contributed by atoms with van der Waals surface area (Å²) >= 11 is 0. The Labute approximate surface area is 128 Å². The monoisotopic (exact) mass is 301 g/mol. The number of H-pyrrole nitrogens is 1. The number of amides is 1. The van der Waals surface area contributed by atoms with E-state index in [1.165, 1.54) is 12.4 Å². The van der Waals surface area contributed by atoms with Gasteiger partial charge < -0.3 is 20.3 Å². The highest BCUT2D eigenvalue weighted by molar-refractivity contribution is 5.88. The minimum absolute atomic E-state index is 0.0304. The minimum Gasteiger partial charge on any atom is -0.396 e. The first-order chi connectivity index (χ1) is 10.7. The Bertz CT molecular complexity index is 683. The molecule has 1 saturated heterocycles. The van der Waals surface area contributed by atoms with E-state index in [9.17, 15) is 9.90 Å². The highest BCUT2D eigenvalue weighted by Crippen LogP contribution is 2.23. The van der Waals surface area contributed by atoms with E-state index in [1.54, 1.807) is 4.90 Å². The third-order valence-electron chi connectivity index (χ3n) is 3.98. The lowest BCUT2D eigenvalue weighted by Crippen LogP contribution is -2.49. The van der Waals surface area contributed by atoms with E-state index in [-0.39, 0.29) is 24.5 Å². The Morgan fingerprint density at radius 2 is 2.41 bits per heavy atom. The van der Waals surface area contributed by atoms with Crippen LogP contribution in [0.1, 0.15) is 6.42 Å². The van der Waals surface area contributed by atoms with E-state index in [0.29, 0.717) is 13.1 Å². The van der Waals surface area contributed by atoms with Crippen molar-refractivity contribution in [1.82, 2.24) is 19.9 Å². The summed E-state index contributed by atoms with van der Waals surface area (Å²) in [7, 11) is 0. The first-order valence-electron chi connectivity index (χ1n) is 7.28. The third kappa shape index (κ3) is 2.80. The fourth-order valence-electron chi connectivity index (χ4n) is 2.93. The largest absolute Gasteiger partial charge is 0.396 e. The van der Waals surface area contributed by atoms with Crippen LogP contribution in [0.15, 0.2) is 31.2 Å². The van der Waals surface area contributed by atoms with E-state index < -0.39 is 0 Å². The zero-order chi connectivity index (χ0) is 15.5. The fourth-order valence-corrected chi connectivity index (χ4v) is 2.93. The van der Waals surface area contributed by atoms with Crippen molar-refractivity contribution in [2.24, 2.45) is 5.92 Å². The van der Waals surface area contributed by atoms with E-state index in [0.717, 1.165) is 23.3 Å². The zero-order valence-electron chi connectivity index (χ0n) is 12.2. The van der Waals surface area contributed by atoms with Gasteiger partial charge in [-0.25, -0.2) is 9.97 Å². The number of aliphatic hydroxyl groups is 1. The maximum Gasteiger partial charge on any atom is 0.246 e. The number of hydrogen-bond acceptors (Lipinski definition) is 5. The maximum atomic E-state index is 11.9. The molecule has 0 saturated carbocycles. The van der Waals surface area contributed by atoms with E-state index in [2.05, 4.69) is 26.8 Å². The molecule has 3 heterocycles. The van der Waals surface area contributed by atoms with Crippen molar-refractivity contribution >= 4 is 22.8 Å². The molecule has 7 heteroatoms. The average molecular weight is 301 g/mol. The van der Waals surface area contributed by atoms with Gasteiger partial charge in [0.2, 0.25) is 5.91 Å². The molecule has 0 spiro atoms. The van der Waals surface area contributed by atoms with Crippen LogP contribution in [0.4, 0.5) is 5.82 Å². The van der Waals surface area contributed by atoms with Gasteiger partial charge in [0.05, 0.1) is 5.39 Å². The maximum absolute atomic E-state index is 11.9. The molecule has 1 fully saturated rings. The van der Waals surface area contributed by atoms with Crippen LogP contribution in [-0.2, 0) is 4.79 Å².